The highest BCUT2D eigenvalue weighted by molar-refractivity contribution is 5.91. The number of aliphatic hydroxyl groups excluding tert-OH is 1. The van der Waals surface area contributed by atoms with Crippen LogP contribution in [0, 0.1) is 5.92 Å². The van der Waals surface area contributed by atoms with E-state index in [0.29, 0.717) is 5.56 Å². The summed E-state index contributed by atoms with van der Waals surface area (Å²) >= 11 is 0. The Balaban J connectivity index is 2.54. The van der Waals surface area contributed by atoms with Gasteiger partial charge in [-0.15, -0.1) is 0 Å². The quantitative estimate of drug-likeness (QED) is 0.679. The number of nitrogens with zero attached hydrogens (tertiary/aromatic N) is 1. The molecule has 98 valence electrons. The van der Waals surface area contributed by atoms with Crippen molar-refractivity contribution in [3.63, 3.8) is 0 Å². The van der Waals surface area contributed by atoms with E-state index in [1.165, 1.54) is 18.3 Å². The zero-order valence-corrected chi connectivity index (χ0v) is 10.5. The topological polar surface area (TPSA) is 82.5 Å². The first-order valence-electron chi connectivity index (χ1n) is 5.76. The van der Waals surface area contributed by atoms with Gasteiger partial charge in [0.2, 0.25) is 5.91 Å². The number of amides is 1. The molecule has 1 amide bonds. The van der Waals surface area contributed by atoms with Crippen LogP contribution < -0.4 is 5.32 Å². The molecule has 0 aromatic carbocycles. The van der Waals surface area contributed by atoms with Crippen molar-refractivity contribution >= 4 is 12.0 Å². The van der Waals surface area contributed by atoms with Gasteiger partial charge in [0.05, 0.1) is 6.20 Å². The van der Waals surface area contributed by atoms with E-state index in [0.717, 1.165) is 0 Å². The first kappa shape index (κ1) is 14.2. The van der Waals surface area contributed by atoms with Crippen LogP contribution in [0.1, 0.15) is 19.4 Å². The van der Waals surface area contributed by atoms with Crippen LogP contribution in [-0.4, -0.2) is 33.8 Å². The summed E-state index contributed by atoms with van der Waals surface area (Å²) in [6.45, 7) is 3.72. The normalized spacial score (nSPS) is 14.4. The number of carbonyl (C=O) groups is 1. The molecule has 5 nitrogen and oxygen atoms in total. The van der Waals surface area contributed by atoms with Crippen LogP contribution in [0.5, 0.6) is 5.75 Å². The number of aromatic nitrogens is 1. The second kappa shape index (κ2) is 6.76. The molecule has 5 heteroatoms. The molecular weight excluding hydrogens is 232 g/mol. The minimum atomic E-state index is -0.244. The maximum Gasteiger partial charge on any atom is 0.244 e. The van der Waals surface area contributed by atoms with Gasteiger partial charge in [-0.2, -0.15) is 0 Å². The Labute approximate surface area is 106 Å². The lowest BCUT2D eigenvalue weighted by Gasteiger charge is -2.17. The minimum Gasteiger partial charge on any atom is -0.506 e. The number of hydrogen-bond acceptors (Lipinski definition) is 4. The Bertz CT molecular complexity index is 432. The zero-order chi connectivity index (χ0) is 13.5. The smallest absolute Gasteiger partial charge is 0.244 e. The number of aliphatic hydroxyl groups is 1. The predicted molar refractivity (Wildman–Crippen MR) is 68.8 cm³/mol. The predicted octanol–water partition coefficient (Wildman–Crippen LogP) is 0.933. The highest BCUT2D eigenvalue weighted by Gasteiger charge is 2.11. The molecule has 1 heterocycles. The third-order valence-electron chi connectivity index (χ3n) is 2.68. The lowest BCUT2D eigenvalue weighted by atomic mass is 10.1. The van der Waals surface area contributed by atoms with Gasteiger partial charge in [-0.1, -0.05) is 6.92 Å². The monoisotopic (exact) mass is 250 g/mol. The van der Waals surface area contributed by atoms with Gasteiger partial charge in [0.1, 0.15) is 5.75 Å². The van der Waals surface area contributed by atoms with Gasteiger partial charge in [-0.3, -0.25) is 9.78 Å². The van der Waals surface area contributed by atoms with E-state index in [4.69, 9.17) is 5.11 Å². The van der Waals surface area contributed by atoms with Gasteiger partial charge in [-0.25, -0.2) is 0 Å². The molecule has 1 aromatic rings. The summed E-state index contributed by atoms with van der Waals surface area (Å²) in [6, 6.07) is 1.41. The molecule has 0 saturated carbocycles. The van der Waals surface area contributed by atoms with E-state index in [2.05, 4.69) is 10.3 Å². The summed E-state index contributed by atoms with van der Waals surface area (Å²) < 4.78 is 0. The Hall–Kier alpha value is -1.88. The van der Waals surface area contributed by atoms with E-state index in [-0.39, 0.29) is 30.2 Å². The summed E-state index contributed by atoms with van der Waals surface area (Å²) in [5.41, 5.74) is 0.646. The molecule has 0 aliphatic rings. The van der Waals surface area contributed by atoms with E-state index < -0.39 is 0 Å². The summed E-state index contributed by atoms with van der Waals surface area (Å²) in [4.78, 5) is 15.4. The number of pyridine rings is 1. The van der Waals surface area contributed by atoms with E-state index >= 15 is 0 Å². The highest BCUT2D eigenvalue weighted by atomic mass is 16.3. The van der Waals surface area contributed by atoms with Gasteiger partial charge in [0, 0.05) is 24.9 Å². The van der Waals surface area contributed by atoms with Gasteiger partial charge in [-0.05, 0) is 30.5 Å². The van der Waals surface area contributed by atoms with Crippen LogP contribution in [0.4, 0.5) is 0 Å². The molecule has 0 fully saturated rings. The molecule has 0 aliphatic carbocycles. The standard InChI is InChI=1S/C13H18N2O3/c1-9(8-16)10(2)15-13(18)4-3-11-5-12(17)7-14-6-11/h3-7,9-10,16-17H,8H2,1-2H3,(H,15,18)/b4-3+. The highest BCUT2D eigenvalue weighted by Crippen LogP contribution is 2.09. The fourth-order valence-electron chi connectivity index (χ4n) is 1.28. The van der Waals surface area contributed by atoms with Crippen LogP contribution >= 0.6 is 0 Å². The van der Waals surface area contributed by atoms with E-state index in [1.54, 1.807) is 12.3 Å². The second-order valence-electron chi connectivity index (χ2n) is 4.27. The Morgan fingerprint density at radius 1 is 1.50 bits per heavy atom. The van der Waals surface area contributed by atoms with Crippen molar-refractivity contribution in [1.82, 2.24) is 10.3 Å². The Morgan fingerprint density at radius 2 is 2.22 bits per heavy atom. The zero-order valence-electron chi connectivity index (χ0n) is 10.5. The average Bonchev–Trinajstić information content (AvgIpc) is 2.35. The van der Waals surface area contributed by atoms with Gasteiger partial charge < -0.3 is 15.5 Å². The second-order valence-corrected chi connectivity index (χ2v) is 4.27. The summed E-state index contributed by atoms with van der Waals surface area (Å²) in [6.07, 6.45) is 5.81. The first-order chi connectivity index (χ1) is 8.52. The summed E-state index contributed by atoms with van der Waals surface area (Å²) in [5.74, 6) is -0.184. The number of nitrogens with one attached hydrogen (secondary N) is 1. The minimum absolute atomic E-state index is 0.00443. The SMILES string of the molecule is CC(CO)C(C)NC(=O)/C=C/c1cncc(O)c1. The maximum absolute atomic E-state index is 11.6. The lowest BCUT2D eigenvalue weighted by Crippen LogP contribution is -2.37. The molecule has 0 spiro atoms. The Morgan fingerprint density at radius 3 is 2.83 bits per heavy atom. The van der Waals surface area contributed by atoms with E-state index in [1.807, 2.05) is 13.8 Å². The van der Waals surface area contributed by atoms with Crippen LogP contribution in [0.15, 0.2) is 24.5 Å². The largest absolute Gasteiger partial charge is 0.506 e. The third kappa shape index (κ3) is 4.55. The molecule has 1 aromatic heterocycles. The van der Waals surface area contributed by atoms with Gasteiger partial charge >= 0.3 is 0 Å². The maximum atomic E-state index is 11.6. The van der Waals surface area contributed by atoms with Crippen molar-refractivity contribution in [1.29, 1.82) is 0 Å². The molecule has 2 unspecified atom stereocenters. The molecule has 0 saturated heterocycles. The number of aromatic hydroxyl groups is 1. The van der Waals surface area contributed by atoms with Crippen molar-refractivity contribution in [3.8, 4) is 5.75 Å². The van der Waals surface area contributed by atoms with Crippen molar-refractivity contribution in [3.05, 3.63) is 30.1 Å². The molecule has 0 radical (unpaired) electrons. The van der Waals surface area contributed by atoms with Crippen molar-refractivity contribution in [2.45, 2.75) is 19.9 Å². The van der Waals surface area contributed by atoms with Crippen LogP contribution in [0.3, 0.4) is 0 Å². The summed E-state index contributed by atoms with van der Waals surface area (Å²) in [7, 11) is 0. The molecule has 0 bridgehead atoms. The van der Waals surface area contributed by atoms with Crippen molar-refractivity contribution in [2.24, 2.45) is 5.92 Å². The summed E-state index contributed by atoms with van der Waals surface area (Å²) in [5, 5.41) is 20.9. The van der Waals surface area contributed by atoms with Gasteiger partial charge in [0.25, 0.3) is 0 Å². The third-order valence-corrected chi connectivity index (χ3v) is 2.68. The number of hydrogen-bond donors (Lipinski definition) is 3. The average molecular weight is 250 g/mol. The van der Waals surface area contributed by atoms with Crippen LogP contribution in [0.25, 0.3) is 6.08 Å². The van der Waals surface area contributed by atoms with E-state index in [9.17, 15) is 9.90 Å². The van der Waals surface area contributed by atoms with Crippen LogP contribution in [0.2, 0.25) is 0 Å². The first-order valence-corrected chi connectivity index (χ1v) is 5.76. The fraction of sp³-hybridized carbons (Fsp3) is 0.385. The number of rotatable bonds is 5. The molecule has 2 atom stereocenters. The molecule has 18 heavy (non-hydrogen) atoms. The molecular formula is C13H18N2O3. The molecule has 3 N–H and O–H groups in total. The fourth-order valence-corrected chi connectivity index (χ4v) is 1.28. The van der Waals surface area contributed by atoms with Crippen molar-refractivity contribution < 1.29 is 15.0 Å². The number of carbonyl (C=O) groups excluding carboxylic acids is 1. The molecule has 0 aliphatic heterocycles. The molecule has 1 rings (SSSR count). The Kier molecular flexibility index (Phi) is 5.32. The van der Waals surface area contributed by atoms with Crippen LogP contribution in [-0.2, 0) is 4.79 Å². The van der Waals surface area contributed by atoms with Crippen molar-refractivity contribution in [2.75, 3.05) is 6.61 Å². The lowest BCUT2D eigenvalue weighted by molar-refractivity contribution is -0.117. The van der Waals surface area contributed by atoms with Gasteiger partial charge in [0.15, 0.2) is 0 Å².